The van der Waals surface area contributed by atoms with Gasteiger partial charge < -0.3 is 9.84 Å². The molecule has 0 aliphatic heterocycles. The van der Waals surface area contributed by atoms with E-state index in [0.717, 1.165) is 12.8 Å². The van der Waals surface area contributed by atoms with Crippen LogP contribution in [-0.4, -0.2) is 51.8 Å². The van der Waals surface area contributed by atoms with E-state index in [1.54, 1.807) is 29.9 Å². The molecule has 0 saturated heterocycles. The lowest BCUT2D eigenvalue weighted by Crippen LogP contribution is -2.22. The van der Waals surface area contributed by atoms with Gasteiger partial charge in [-0.05, 0) is 38.2 Å². The molecule has 0 aromatic carbocycles. The zero-order valence-electron chi connectivity index (χ0n) is 17.3. The molecule has 3 aromatic rings. The summed E-state index contributed by atoms with van der Waals surface area (Å²) in [5.74, 6) is 0.841. The monoisotopic (exact) mass is 461 g/mol. The molecule has 1 aliphatic carbocycles. The molecule has 2 unspecified atom stereocenters. The summed E-state index contributed by atoms with van der Waals surface area (Å²) >= 11 is 0. The third-order valence-electron chi connectivity index (χ3n) is 5.18. The number of rotatable bonds is 9. The smallest absolute Gasteiger partial charge is 0.333 e. The molecule has 2 atom stereocenters. The molecule has 13 heteroatoms. The van der Waals surface area contributed by atoms with Crippen LogP contribution in [0.15, 0.2) is 35.4 Å². The zero-order chi connectivity index (χ0) is 22.7. The molecule has 1 aliphatic rings. The molecule has 1 fully saturated rings. The van der Waals surface area contributed by atoms with Gasteiger partial charge in [0.05, 0.1) is 18.7 Å². The summed E-state index contributed by atoms with van der Waals surface area (Å²) in [5.41, 5.74) is 1.27. The Hall–Kier alpha value is -3.16. The van der Waals surface area contributed by atoms with Crippen LogP contribution in [0.25, 0.3) is 0 Å². The van der Waals surface area contributed by atoms with Crippen molar-refractivity contribution < 1.29 is 21.9 Å². The van der Waals surface area contributed by atoms with Gasteiger partial charge in [-0.3, -0.25) is 13.7 Å². The number of anilines is 1. The van der Waals surface area contributed by atoms with E-state index in [2.05, 4.69) is 25.5 Å². The number of aryl methyl sites for hydroxylation is 1. The standard InChI is InChI=1S/C19H23N7O5S/c1-12-6-15(25-31-12)9-26-5-4-17(24-26)18(27)16-8-21-11-22-19(16)23-14-3-2-13(7-14)10-30-32(20,28)29/h4-6,8,11,13-14H,2-3,7,9-10H2,1H3,(H2,20,28,29)(H,21,22,23). The lowest BCUT2D eigenvalue weighted by molar-refractivity contribution is 0.103. The predicted molar refractivity (Wildman–Crippen MR) is 112 cm³/mol. The summed E-state index contributed by atoms with van der Waals surface area (Å²) in [6.45, 7) is 2.22. The van der Waals surface area contributed by atoms with Crippen LogP contribution in [-0.2, 0) is 21.0 Å². The molecular formula is C19H23N7O5S. The van der Waals surface area contributed by atoms with Crippen molar-refractivity contribution in [3.8, 4) is 0 Å². The maximum Gasteiger partial charge on any atom is 0.333 e. The highest BCUT2D eigenvalue weighted by atomic mass is 32.2. The van der Waals surface area contributed by atoms with E-state index in [1.807, 2.05) is 0 Å². The minimum absolute atomic E-state index is 0.0125. The first-order chi connectivity index (χ1) is 15.3. The molecule has 12 nitrogen and oxygen atoms in total. The largest absolute Gasteiger partial charge is 0.367 e. The number of carbonyl (C=O) groups is 1. The summed E-state index contributed by atoms with van der Waals surface area (Å²) in [6, 6.07) is 3.44. The highest BCUT2D eigenvalue weighted by Gasteiger charge is 2.28. The van der Waals surface area contributed by atoms with Crippen molar-refractivity contribution in [3.05, 3.63) is 53.6 Å². The Bertz CT molecular complexity index is 1210. The van der Waals surface area contributed by atoms with Gasteiger partial charge in [-0.25, -0.2) is 15.1 Å². The molecule has 0 radical (unpaired) electrons. The fraction of sp³-hybridized carbons (Fsp3) is 0.421. The predicted octanol–water partition coefficient (Wildman–Crippen LogP) is 1.05. The summed E-state index contributed by atoms with van der Waals surface area (Å²) in [7, 11) is -3.96. The summed E-state index contributed by atoms with van der Waals surface area (Å²) < 4.78 is 33.3. The van der Waals surface area contributed by atoms with E-state index in [0.29, 0.717) is 35.8 Å². The molecule has 3 aromatic heterocycles. The highest BCUT2D eigenvalue weighted by molar-refractivity contribution is 7.84. The average Bonchev–Trinajstić information content (AvgIpc) is 3.48. The second-order valence-corrected chi connectivity index (χ2v) is 8.96. The van der Waals surface area contributed by atoms with Crippen molar-refractivity contribution in [2.24, 2.45) is 11.1 Å². The minimum Gasteiger partial charge on any atom is -0.367 e. The Morgan fingerprint density at radius 3 is 3.00 bits per heavy atom. The first kappa shape index (κ1) is 22.0. The summed E-state index contributed by atoms with van der Waals surface area (Å²) in [6.07, 6.45) is 6.73. The summed E-state index contributed by atoms with van der Waals surface area (Å²) in [5, 5.41) is 16.4. The lowest BCUT2D eigenvalue weighted by Gasteiger charge is -2.15. The fourth-order valence-corrected chi connectivity index (χ4v) is 4.10. The van der Waals surface area contributed by atoms with Crippen LogP contribution in [0.3, 0.4) is 0 Å². The van der Waals surface area contributed by atoms with Gasteiger partial charge in [0.25, 0.3) is 0 Å². The SMILES string of the molecule is Cc1cc(Cn2ccc(C(=O)c3cncnc3NC3CCC(COS(N)(=O)=O)C3)n2)no1. The fourth-order valence-electron chi connectivity index (χ4n) is 3.72. The molecule has 0 amide bonds. The zero-order valence-corrected chi connectivity index (χ0v) is 18.2. The Balaban J connectivity index is 1.42. The van der Waals surface area contributed by atoms with Crippen molar-refractivity contribution in [1.82, 2.24) is 24.9 Å². The van der Waals surface area contributed by atoms with Gasteiger partial charge >= 0.3 is 10.3 Å². The van der Waals surface area contributed by atoms with Crippen LogP contribution in [0.5, 0.6) is 0 Å². The number of hydrogen-bond acceptors (Lipinski definition) is 10. The highest BCUT2D eigenvalue weighted by Crippen LogP contribution is 2.29. The molecular weight excluding hydrogens is 438 g/mol. The van der Waals surface area contributed by atoms with Crippen LogP contribution >= 0.6 is 0 Å². The number of hydrogen-bond donors (Lipinski definition) is 2. The molecule has 1 saturated carbocycles. The van der Waals surface area contributed by atoms with E-state index in [1.165, 1.54) is 12.5 Å². The van der Waals surface area contributed by atoms with Crippen LogP contribution in [0.2, 0.25) is 0 Å². The van der Waals surface area contributed by atoms with E-state index >= 15 is 0 Å². The van der Waals surface area contributed by atoms with Crippen molar-refractivity contribution in [2.75, 3.05) is 11.9 Å². The number of carbonyl (C=O) groups excluding carboxylic acids is 1. The van der Waals surface area contributed by atoms with E-state index in [9.17, 15) is 13.2 Å². The van der Waals surface area contributed by atoms with E-state index in [-0.39, 0.29) is 30.0 Å². The first-order valence-corrected chi connectivity index (χ1v) is 11.5. The average molecular weight is 462 g/mol. The normalized spacial score (nSPS) is 18.7. The Kier molecular flexibility index (Phi) is 6.30. The van der Waals surface area contributed by atoms with Gasteiger partial charge in [0.1, 0.15) is 29.3 Å². The third-order valence-corrected chi connectivity index (χ3v) is 5.65. The van der Waals surface area contributed by atoms with Gasteiger partial charge in [0.2, 0.25) is 5.78 Å². The molecule has 0 bridgehead atoms. The van der Waals surface area contributed by atoms with E-state index < -0.39 is 10.3 Å². The number of nitrogens with zero attached hydrogens (tertiary/aromatic N) is 5. The van der Waals surface area contributed by atoms with Crippen molar-refractivity contribution >= 4 is 21.9 Å². The molecule has 3 N–H and O–H groups in total. The van der Waals surface area contributed by atoms with Crippen molar-refractivity contribution in [2.45, 2.75) is 38.8 Å². The Morgan fingerprint density at radius 2 is 2.25 bits per heavy atom. The number of nitrogens with two attached hydrogens (primary N) is 1. The van der Waals surface area contributed by atoms with Gasteiger partial charge in [-0.1, -0.05) is 5.16 Å². The van der Waals surface area contributed by atoms with Crippen LogP contribution < -0.4 is 10.5 Å². The third kappa shape index (κ3) is 5.55. The molecule has 3 heterocycles. The van der Waals surface area contributed by atoms with Gasteiger partial charge in [-0.15, -0.1) is 0 Å². The minimum atomic E-state index is -3.96. The Morgan fingerprint density at radius 1 is 1.41 bits per heavy atom. The van der Waals surface area contributed by atoms with Crippen LogP contribution in [0.4, 0.5) is 5.82 Å². The second kappa shape index (κ2) is 9.14. The van der Waals surface area contributed by atoms with Gasteiger partial charge in [0, 0.05) is 24.5 Å². The van der Waals surface area contributed by atoms with Crippen LogP contribution in [0, 0.1) is 12.8 Å². The molecule has 4 rings (SSSR count). The lowest BCUT2D eigenvalue weighted by atomic mass is 10.1. The first-order valence-electron chi connectivity index (χ1n) is 10.0. The molecule has 32 heavy (non-hydrogen) atoms. The number of aromatic nitrogens is 5. The topological polar surface area (TPSA) is 168 Å². The summed E-state index contributed by atoms with van der Waals surface area (Å²) in [4.78, 5) is 21.3. The maximum atomic E-state index is 13.1. The van der Waals surface area contributed by atoms with Crippen molar-refractivity contribution in [1.29, 1.82) is 0 Å². The Labute approximate surface area is 184 Å². The second-order valence-electron chi connectivity index (χ2n) is 7.74. The van der Waals surface area contributed by atoms with Crippen LogP contribution in [0.1, 0.15) is 46.8 Å². The maximum absolute atomic E-state index is 13.1. The number of nitrogens with one attached hydrogen (secondary N) is 1. The molecule has 170 valence electrons. The van der Waals surface area contributed by atoms with Crippen molar-refractivity contribution in [3.63, 3.8) is 0 Å². The molecule has 0 spiro atoms. The van der Waals surface area contributed by atoms with Gasteiger partial charge in [0.15, 0.2) is 0 Å². The van der Waals surface area contributed by atoms with E-state index in [4.69, 9.17) is 13.8 Å². The number of ketones is 1. The van der Waals surface area contributed by atoms with Gasteiger partial charge in [-0.2, -0.15) is 13.5 Å². The quantitative estimate of drug-likeness (QED) is 0.439.